The van der Waals surface area contributed by atoms with E-state index < -0.39 is 17.1 Å². The van der Waals surface area contributed by atoms with E-state index in [0.29, 0.717) is 11.4 Å². The zero-order valence-corrected chi connectivity index (χ0v) is 20.7. The number of carbonyl (C=O) groups is 3. The summed E-state index contributed by atoms with van der Waals surface area (Å²) in [7, 11) is 0. The van der Waals surface area contributed by atoms with Gasteiger partial charge in [-0.2, -0.15) is 0 Å². The fourth-order valence-corrected chi connectivity index (χ4v) is 4.87. The van der Waals surface area contributed by atoms with Crippen molar-refractivity contribution in [3.8, 4) is 5.75 Å². The van der Waals surface area contributed by atoms with Crippen LogP contribution in [-0.4, -0.2) is 40.9 Å². The number of hydrogen-bond donors (Lipinski definition) is 1. The molecule has 1 fully saturated rings. The number of nitrogens with one attached hydrogen (secondary N) is 1. The third-order valence-corrected chi connectivity index (χ3v) is 6.73. The lowest BCUT2D eigenvalue weighted by molar-refractivity contribution is -0.127. The van der Waals surface area contributed by atoms with E-state index in [1.54, 1.807) is 23.9 Å². The first kappa shape index (κ1) is 23.9. The first-order chi connectivity index (χ1) is 16.4. The van der Waals surface area contributed by atoms with E-state index in [9.17, 15) is 14.4 Å². The molecule has 174 valence electrons. The Morgan fingerprint density at radius 1 is 1.12 bits per heavy atom. The Morgan fingerprint density at radius 2 is 1.91 bits per heavy atom. The third kappa shape index (κ3) is 5.29. The van der Waals surface area contributed by atoms with E-state index in [1.165, 1.54) is 0 Å². The molecular weight excluding hydrogens is 468 g/mol. The molecule has 0 radical (unpaired) electrons. The van der Waals surface area contributed by atoms with Crippen LogP contribution in [0.15, 0.2) is 70.5 Å². The van der Waals surface area contributed by atoms with Crippen molar-refractivity contribution in [1.29, 1.82) is 0 Å². The Kier molecular flexibility index (Phi) is 7.29. The Labute approximate surface area is 206 Å². The number of anilines is 1. The molecule has 3 aromatic rings. The van der Waals surface area contributed by atoms with Gasteiger partial charge in [-0.25, -0.2) is 0 Å². The first-order valence-corrected chi connectivity index (χ1v) is 12.8. The molecule has 1 aliphatic rings. The number of imide groups is 1. The second-order valence-corrected chi connectivity index (χ2v) is 9.79. The van der Waals surface area contributed by atoms with Gasteiger partial charge in [-0.1, -0.05) is 36.4 Å². The third-order valence-electron chi connectivity index (χ3n) is 5.10. The Bertz CT molecular complexity index is 1300. The van der Waals surface area contributed by atoms with Gasteiger partial charge in [0.15, 0.2) is 0 Å². The van der Waals surface area contributed by atoms with Crippen LogP contribution < -0.4 is 10.1 Å². The van der Waals surface area contributed by atoms with Gasteiger partial charge < -0.3 is 10.1 Å². The molecule has 1 N–H and O–H groups in total. The maximum Gasteiger partial charge on any atom is 0.294 e. The molecule has 0 bridgehead atoms. The highest BCUT2D eigenvalue weighted by Gasteiger charge is 2.36. The maximum atomic E-state index is 13.1. The standard InChI is InChI=1S/C26H24N2O4S2/c1-16(2)32-22-12-11-17-7-4-5-10-20(17)21(22)14-23-25(30)28(26(31)34-23)15-24(29)27-18-8-6-9-19(13-18)33-3/h4-14,16H,15H2,1-3H3,(H,27,29)/b23-14-. The normalized spacial score (nSPS) is 14.9. The molecule has 3 aromatic carbocycles. The SMILES string of the molecule is CSc1cccc(NC(=O)CN2C(=O)S/C(=C\c3c(OC(C)C)ccc4ccccc34)C2=O)c1. The van der Waals surface area contributed by atoms with Crippen molar-refractivity contribution < 1.29 is 19.1 Å². The molecular formula is C26H24N2O4S2. The highest BCUT2D eigenvalue weighted by Crippen LogP contribution is 2.37. The van der Waals surface area contributed by atoms with Crippen LogP contribution in [0.1, 0.15) is 19.4 Å². The van der Waals surface area contributed by atoms with Gasteiger partial charge in [-0.3, -0.25) is 19.3 Å². The molecule has 1 aliphatic heterocycles. The molecule has 0 saturated carbocycles. The van der Waals surface area contributed by atoms with Crippen LogP contribution >= 0.6 is 23.5 Å². The van der Waals surface area contributed by atoms with Crippen molar-refractivity contribution in [2.75, 3.05) is 18.1 Å². The van der Waals surface area contributed by atoms with Crippen molar-refractivity contribution in [2.45, 2.75) is 24.8 Å². The highest BCUT2D eigenvalue weighted by molar-refractivity contribution is 8.18. The van der Waals surface area contributed by atoms with Crippen LogP contribution in [0.25, 0.3) is 16.8 Å². The number of fused-ring (bicyclic) bond motifs is 1. The molecule has 1 saturated heterocycles. The van der Waals surface area contributed by atoms with Crippen molar-refractivity contribution in [3.63, 3.8) is 0 Å². The van der Waals surface area contributed by atoms with Gasteiger partial charge in [0.1, 0.15) is 12.3 Å². The van der Waals surface area contributed by atoms with Crippen LogP contribution in [0.5, 0.6) is 5.75 Å². The summed E-state index contributed by atoms with van der Waals surface area (Å²) in [6.45, 7) is 3.51. The van der Waals surface area contributed by atoms with Crippen molar-refractivity contribution in [2.24, 2.45) is 0 Å². The summed E-state index contributed by atoms with van der Waals surface area (Å²) in [4.78, 5) is 40.5. The molecule has 34 heavy (non-hydrogen) atoms. The highest BCUT2D eigenvalue weighted by atomic mass is 32.2. The molecule has 1 heterocycles. The lowest BCUT2D eigenvalue weighted by Gasteiger charge is -2.15. The summed E-state index contributed by atoms with van der Waals surface area (Å²) in [5, 5.41) is 4.19. The average molecular weight is 493 g/mol. The van der Waals surface area contributed by atoms with E-state index >= 15 is 0 Å². The Hall–Kier alpha value is -3.23. The van der Waals surface area contributed by atoms with Gasteiger partial charge in [-0.05, 0) is 73.0 Å². The van der Waals surface area contributed by atoms with E-state index in [0.717, 1.165) is 37.9 Å². The second kappa shape index (κ2) is 10.4. The fourth-order valence-electron chi connectivity index (χ4n) is 3.59. The van der Waals surface area contributed by atoms with Crippen LogP contribution in [0.3, 0.4) is 0 Å². The van der Waals surface area contributed by atoms with Gasteiger partial charge in [0.25, 0.3) is 11.1 Å². The molecule has 3 amide bonds. The largest absolute Gasteiger partial charge is 0.490 e. The molecule has 0 spiro atoms. The van der Waals surface area contributed by atoms with Crippen molar-refractivity contribution in [3.05, 3.63) is 71.1 Å². The summed E-state index contributed by atoms with van der Waals surface area (Å²) in [5.41, 5.74) is 1.35. The second-order valence-electron chi connectivity index (χ2n) is 7.91. The molecule has 0 aliphatic carbocycles. The topological polar surface area (TPSA) is 75.7 Å². The first-order valence-electron chi connectivity index (χ1n) is 10.7. The maximum absolute atomic E-state index is 13.1. The number of rotatable bonds is 7. The minimum absolute atomic E-state index is 0.0586. The summed E-state index contributed by atoms with van der Waals surface area (Å²) in [5.74, 6) is -0.297. The van der Waals surface area contributed by atoms with E-state index in [-0.39, 0.29) is 17.6 Å². The van der Waals surface area contributed by atoms with Gasteiger partial charge in [0, 0.05) is 16.1 Å². The lowest BCUT2D eigenvalue weighted by Crippen LogP contribution is -2.36. The number of thioether (sulfide) groups is 2. The van der Waals surface area contributed by atoms with E-state index in [1.807, 2.05) is 74.7 Å². The predicted octanol–water partition coefficient (Wildman–Crippen LogP) is 6.02. The monoisotopic (exact) mass is 492 g/mol. The minimum Gasteiger partial charge on any atom is -0.490 e. The number of benzene rings is 3. The smallest absolute Gasteiger partial charge is 0.294 e. The lowest BCUT2D eigenvalue weighted by atomic mass is 10.0. The summed E-state index contributed by atoms with van der Waals surface area (Å²) in [6, 6.07) is 19.0. The molecule has 6 nitrogen and oxygen atoms in total. The van der Waals surface area contributed by atoms with E-state index in [4.69, 9.17) is 4.74 Å². The molecule has 8 heteroatoms. The van der Waals surface area contributed by atoms with Crippen molar-refractivity contribution >= 4 is 63.1 Å². The number of ether oxygens (including phenoxy) is 1. The van der Waals surface area contributed by atoms with Gasteiger partial charge in [-0.15, -0.1) is 11.8 Å². The fraction of sp³-hybridized carbons (Fsp3) is 0.192. The van der Waals surface area contributed by atoms with Gasteiger partial charge >= 0.3 is 0 Å². The van der Waals surface area contributed by atoms with Crippen LogP contribution in [0.4, 0.5) is 10.5 Å². The summed E-state index contributed by atoms with van der Waals surface area (Å²) < 4.78 is 5.97. The van der Waals surface area contributed by atoms with Crippen LogP contribution in [0, 0.1) is 0 Å². The number of hydrogen-bond acceptors (Lipinski definition) is 6. The molecule has 4 rings (SSSR count). The van der Waals surface area contributed by atoms with Gasteiger partial charge in [0.05, 0.1) is 11.0 Å². The Morgan fingerprint density at radius 3 is 2.68 bits per heavy atom. The summed E-state index contributed by atoms with van der Waals surface area (Å²) >= 11 is 2.39. The zero-order valence-electron chi connectivity index (χ0n) is 19.0. The molecule has 0 aromatic heterocycles. The predicted molar refractivity (Wildman–Crippen MR) is 139 cm³/mol. The molecule has 0 atom stereocenters. The Balaban J connectivity index is 1.58. The zero-order chi connectivity index (χ0) is 24.2. The average Bonchev–Trinajstić information content (AvgIpc) is 3.07. The molecule has 0 unspecified atom stereocenters. The van der Waals surface area contributed by atoms with Crippen LogP contribution in [-0.2, 0) is 9.59 Å². The van der Waals surface area contributed by atoms with E-state index in [2.05, 4.69) is 5.32 Å². The van der Waals surface area contributed by atoms with Crippen LogP contribution in [0.2, 0.25) is 0 Å². The quantitative estimate of drug-likeness (QED) is 0.321. The van der Waals surface area contributed by atoms with Crippen molar-refractivity contribution in [1.82, 2.24) is 4.90 Å². The minimum atomic E-state index is -0.494. The van der Waals surface area contributed by atoms with Gasteiger partial charge in [0.2, 0.25) is 5.91 Å². The number of amides is 3. The summed E-state index contributed by atoms with van der Waals surface area (Å²) in [6.07, 6.45) is 3.57. The number of nitrogens with zero attached hydrogens (tertiary/aromatic N) is 1. The number of carbonyl (C=O) groups excluding carboxylic acids is 3.